The fourth-order valence-electron chi connectivity index (χ4n) is 2.38. The maximum atomic E-state index is 5.91. The fraction of sp³-hybridized carbons (Fsp3) is 0. The first-order chi connectivity index (χ1) is 8.92. The Morgan fingerprint density at radius 3 is 2.67 bits per heavy atom. The number of rotatable bonds is 1. The van der Waals surface area contributed by atoms with E-state index in [2.05, 4.69) is 34.9 Å². The summed E-state index contributed by atoms with van der Waals surface area (Å²) < 4.78 is 8.01. The van der Waals surface area contributed by atoms with Crippen molar-refractivity contribution in [3.05, 3.63) is 67.0 Å². The van der Waals surface area contributed by atoms with E-state index < -0.39 is 0 Å². The van der Waals surface area contributed by atoms with Gasteiger partial charge in [-0.05, 0) is 30.3 Å². The second-order valence-corrected chi connectivity index (χ2v) is 4.37. The SMILES string of the molecule is c1ccc2oc(-c3ccn4ccccc34)cc2c1. The van der Waals surface area contributed by atoms with Crippen molar-refractivity contribution >= 4 is 16.5 Å². The molecule has 4 aromatic rings. The number of benzene rings is 1. The van der Waals surface area contributed by atoms with Crippen LogP contribution >= 0.6 is 0 Å². The van der Waals surface area contributed by atoms with Crippen molar-refractivity contribution < 1.29 is 4.42 Å². The highest BCUT2D eigenvalue weighted by atomic mass is 16.3. The fourth-order valence-corrected chi connectivity index (χ4v) is 2.38. The Kier molecular flexibility index (Phi) is 1.86. The van der Waals surface area contributed by atoms with Crippen molar-refractivity contribution in [3.63, 3.8) is 0 Å². The maximum absolute atomic E-state index is 5.91. The average molecular weight is 233 g/mol. The molecule has 0 aliphatic heterocycles. The van der Waals surface area contributed by atoms with Crippen LogP contribution in [0, 0.1) is 0 Å². The molecule has 18 heavy (non-hydrogen) atoms. The van der Waals surface area contributed by atoms with E-state index in [1.54, 1.807) is 0 Å². The summed E-state index contributed by atoms with van der Waals surface area (Å²) in [4.78, 5) is 0. The van der Waals surface area contributed by atoms with Crippen LogP contribution in [0.2, 0.25) is 0 Å². The summed E-state index contributed by atoms with van der Waals surface area (Å²) in [6.45, 7) is 0. The Hall–Kier alpha value is -2.48. The largest absolute Gasteiger partial charge is 0.456 e. The first kappa shape index (κ1) is 9.54. The van der Waals surface area contributed by atoms with Gasteiger partial charge in [-0.1, -0.05) is 24.3 Å². The molecule has 0 unspecified atom stereocenters. The molecule has 0 radical (unpaired) electrons. The molecular formula is C16H11NO. The lowest BCUT2D eigenvalue weighted by Gasteiger charge is -1.95. The Bertz CT molecular complexity index is 805. The molecule has 0 saturated carbocycles. The van der Waals surface area contributed by atoms with Crippen molar-refractivity contribution in [2.45, 2.75) is 0 Å². The Balaban J connectivity index is 2.01. The third kappa shape index (κ3) is 1.29. The molecule has 1 aromatic carbocycles. The molecule has 0 aliphatic carbocycles. The van der Waals surface area contributed by atoms with Gasteiger partial charge in [0, 0.05) is 23.3 Å². The molecule has 4 rings (SSSR count). The number of fused-ring (bicyclic) bond motifs is 2. The van der Waals surface area contributed by atoms with Crippen molar-refractivity contribution in [1.29, 1.82) is 0 Å². The van der Waals surface area contributed by atoms with Crippen LogP contribution in [-0.4, -0.2) is 4.40 Å². The van der Waals surface area contributed by atoms with Crippen molar-refractivity contribution in [2.24, 2.45) is 0 Å². The summed E-state index contributed by atoms with van der Waals surface area (Å²) in [5.41, 5.74) is 3.23. The van der Waals surface area contributed by atoms with Gasteiger partial charge in [-0.2, -0.15) is 0 Å². The third-order valence-electron chi connectivity index (χ3n) is 3.26. The highest BCUT2D eigenvalue weighted by molar-refractivity contribution is 5.87. The van der Waals surface area contributed by atoms with E-state index >= 15 is 0 Å². The van der Waals surface area contributed by atoms with Crippen molar-refractivity contribution in [3.8, 4) is 11.3 Å². The second kappa shape index (κ2) is 3.50. The molecule has 86 valence electrons. The van der Waals surface area contributed by atoms with Gasteiger partial charge in [-0.3, -0.25) is 0 Å². The monoisotopic (exact) mass is 233 g/mol. The molecule has 2 nitrogen and oxygen atoms in total. The number of nitrogens with zero attached hydrogens (tertiary/aromatic N) is 1. The molecule has 0 N–H and O–H groups in total. The molecule has 0 saturated heterocycles. The van der Waals surface area contributed by atoms with Gasteiger partial charge in [0.15, 0.2) is 0 Å². The van der Waals surface area contributed by atoms with Crippen LogP contribution < -0.4 is 0 Å². The first-order valence-corrected chi connectivity index (χ1v) is 5.96. The molecule has 0 fully saturated rings. The quantitative estimate of drug-likeness (QED) is 0.477. The van der Waals surface area contributed by atoms with Crippen LogP contribution in [0.25, 0.3) is 27.8 Å². The number of hydrogen-bond donors (Lipinski definition) is 0. The molecule has 3 heterocycles. The van der Waals surface area contributed by atoms with E-state index in [1.165, 1.54) is 0 Å². The Morgan fingerprint density at radius 1 is 0.833 bits per heavy atom. The molecule has 0 atom stereocenters. The van der Waals surface area contributed by atoms with Gasteiger partial charge in [0.05, 0.1) is 5.52 Å². The summed E-state index contributed by atoms with van der Waals surface area (Å²) in [5, 5.41) is 1.14. The highest BCUT2D eigenvalue weighted by Gasteiger charge is 2.09. The number of pyridine rings is 1. The van der Waals surface area contributed by atoms with E-state index in [9.17, 15) is 0 Å². The summed E-state index contributed by atoms with van der Waals surface area (Å²) in [6, 6.07) is 18.4. The minimum absolute atomic E-state index is 0.921. The van der Waals surface area contributed by atoms with Crippen LogP contribution in [0.3, 0.4) is 0 Å². The normalized spacial score (nSPS) is 11.3. The topological polar surface area (TPSA) is 17.6 Å². The van der Waals surface area contributed by atoms with E-state index in [0.717, 1.165) is 27.8 Å². The van der Waals surface area contributed by atoms with E-state index in [0.29, 0.717) is 0 Å². The van der Waals surface area contributed by atoms with E-state index in [-0.39, 0.29) is 0 Å². The number of hydrogen-bond acceptors (Lipinski definition) is 1. The minimum atomic E-state index is 0.921. The van der Waals surface area contributed by atoms with Crippen molar-refractivity contribution in [2.75, 3.05) is 0 Å². The van der Waals surface area contributed by atoms with Gasteiger partial charge in [0.25, 0.3) is 0 Å². The number of para-hydroxylation sites is 1. The highest BCUT2D eigenvalue weighted by Crippen LogP contribution is 2.30. The summed E-state index contributed by atoms with van der Waals surface area (Å²) in [6.07, 6.45) is 4.10. The summed E-state index contributed by atoms with van der Waals surface area (Å²) in [7, 11) is 0. The molecule has 0 spiro atoms. The predicted molar refractivity (Wildman–Crippen MR) is 72.6 cm³/mol. The molecule has 0 amide bonds. The summed E-state index contributed by atoms with van der Waals surface area (Å²) >= 11 is 0. The average Bonchev–Trinajstić information content (AvgIpc) is 3.02. The predicted octanol–water partition coefficient (Wildman–Crippen LogP) is 4.35. The van der Waals surface area contributed by atoms with E-state index in [1.807, 2.05) is 36.5 Å². The zero-order valence-corrected chi connectivity index (χ0v) is 9.71. The van der Waals surface area contributed by atoms with Gasteiger partial charge in [-0.25, -0.2) is 0 Å². The van der Waals surface area contributed by atoms with E-state index in [4.69, 9.17) is 4.42 Å². The Labute approximate surface area is 104 Å². The molecular weight excluding hydrogens is 222 g/mol. The van der Waals surface area contributed by atoms with Crippen LogP contribution in [0.5, 0.6) is 0 Å². The van der Waals surface area contributed by atoms with Crippen LogP contribution in [0.1, 0.15) is 0 Å². The van der Waals surface area contributed by atoms with Gasteiger partial charge in [0.1, 0.15) is 11.3 Å². The minimum Gasteiger partial charge on any atom is -0.456 e. The van der Waals surface area contributed by atoms with Gasteiger partial charge in [-0.15, -0.1) is 0 Å². The third-order valence-corrected chi connectivity index (χ3v) is 3.26. The molecule has 0 bridgehead atoms. The Morgan fingerprint density at radius 2 is 1.72 bits per heavy atom. The molecule has 2 heteroatoms. The first-order valence-electron chi connectivity index (χ1n) is 5.96. The smallest absolute Gasteiger partial charge is 0.137 e. The molecule has 3 aromatic heterocycles. The summed E-state index contributed by atoms with van der Waals surface area (Å²) in [5.74, 6) is 0.921. The lowest BCUT2D eigenvalue weighted by molar-refractivity contribution is 0.632. The number of furan rings is 1. The lowest BCUT2D eigenvalue weighted by Crippen LogP contribution is -1.79. The maximum Gasteiger partial charge on any atom is 0.137 e. The van der Waals surface area contributed by atoms with Gasteiger partial charge < -0.3 is 8.82 Å². The van der Waals surface area contributed by atoms with Gasteiger partial charge in [0.2, 0.25) is 0 Å². The van der Waals surface area contributed by atoms with Gasteiger partial charge >= 0.3 is 0 Å². The standard InChI is InChI=1S/C16H11NO/c1-2-7-15-12(5-1)11-16(18-15)13-8-10-17-9-4-3-6-14(13)17/h1-11H. The second-order valence-electron chi connectivity index (χ2n) is 4.37. The zero-order chi connectivity index (χ0) is 11.9. The zero-order valence-electron chi connectivity index (χ0n) is 9.71. The van der Waals surface area contributed by atoms with Crippen molar-refractivity contribution in [1.82, 2.24) is 4.40 Å². The molecule has 0 aliphatic rings. The number of aromatic nitrogens is 1. The lowest BCUT2D eigenvalue weighted by atomic mass is 10.2. The van der Waals surface area contributed by atoms with Crippen LogP contribution in [0.15, 0.2) is 71.4 Å². The van der Waals surface area contributed by atoms with Crippen LogP contribution in [-0.2, 0) is 0 Å². The van der Waals surface area contributed by atoms with Crippen LogP contribution in [0.4, 0.5) is 0 Å².